The zero-order valence-electron chi connectivity index (χ0n) is 23.3. The van der Waals surface area contributed by atoms with Gasteiger partial charge in [0, 0.05) is 28.3 Å². The second-order valence-electron chi connectivity index (χ2n) is 10.5. The number of ether oxygens (including phenoxy) is 2. The number of amides is 2. The molecule has 0 radical (unpaired) electrons. The van der Waals surface area contributed by atoms with Crippen molar-refractivity contribution in [2.24, 2.45) is 5.73 Å². The van der Waals surface area contributed by atoms with Gasteiger partial charge in [0.25, 0.3) is 12.3 Å². The fourth-order valence-electron chi connectivity index (χ4n) is 4.80. The van der Waals surface area contributed by atoms with Crippen molar-refractivity contribution >= 4 is 22.7 Å². The molecule has 2 atom stereocenters. The van der Waals surface area contributed by atoms with Gasteiger partial charge < -0.3 is 25.6 Å². The van der Waals surface area contributed by atoms with E-state index >= 15 is 0 Å². The third kappa shape index (κ3) is 5.82. The third-order valence-electron chi connectivity index (χ3n) is 7.43. The minimum Gasteiger partial charge on any atom is -0.489 e. The molecule has 0 aliphatic carbocycles. The van der Waals surface area contributed by atoms with E-state index < -0.39 is 60.1 Å². The van der Waals surface area contributed by atoms with Gasteiger partial charge >= 0.3 is 6.18 Å². The molecule has 45 heavy (non-hydrogen) atoms. The van der Waals surface area contributed by atoms with Crippen LogP contribution in [0.25, 0.3) is 22.2 Å². The van der Waals surface area contributed by atoms with Crippen LogP contribution in [0.15, 0.2) is 60.8 Å². The molecule has 2 aromatic carbocycles. The molecule has 2 amide bonds. The maximum atomic E-state index is 14.7. The Bertz CT molecular complexity index is 1790. The van der Waals surface area contributed by atoms with E-state index in [2.05, 4.69) is 9.97 Å². The number of aliphatic hydroxyl groups is 1. The summed E-state index contributed by atoms with van der Waals surface area (Å²) in [5.74, 6) is -2.98. The molecule has 0 saturated heterocycles. The largest absolute Gasteiger partial charge is 0.489 e. The Morgan fingerprint density at radius 3 is 2.51 bits per heavy atom. The summed E-state index contributed by atoms with van der Waals surface area (Å²) < 4.78 is 94.0. The van der Waals surface area contributed by atoms with Crippen molar-refractivity contribution in [3.05, 3.63) is 83.4 Å². The topological polar surface area (TPSA) is 137 Å². The third-order valence-corrected chi connectivity index (χ3v) is 7.43. The van der Waals surface area contributed by atoms with Crippen LogP contribution in [0.4, 0.5) is 26.3 Å². The van der Waals surface area contributed by atoms with Gasteiger partial charge in [0.05, 0.1) is 12.2 Å². The summed E-state index contributed by atoms with van der Waals surface area (Å²) >= 11 is 0. The lowest BCUT2D eigenvalue weighted by Gasteiger charge is -2.31. The Morgan fingerprint density at radius 2 is 1.87 bits per heavy atom. The van der Waals surface area contributed by atoms with E-state index in [4.69, 9.17) is 15.2 Å². The number of rotatable bonds is 9. The van der Waals surface area contributed by atoms with E-state index in [1.54, 1.807) is 0 Å². The van der Waals surface area contributed by atoms with E-state index in [9.17, 15) is 41.0 Å². The van der Waals surface area contributed by atoms with Crippen LogP contribution in [0.2, 0.25) is 0 Å². The minimum atomic E-state index is -5.44. The summed E-state index contributed by atoms with van der Waals surface area (Å²) in [6.45, 7) is -1.49. The van der Waals surface area contributed by atoms with Crippen LogP contribution in [-0.4, -0.2) is 59.2 Å². The molecule has 4 N–H and O–H groups in total. The first-order chi connectivity index (χ1) is 21.1. The summed E-state index contributed by atoms with van der Waals surface area (Å²) in [5, 5.41) is 13.5. The molecule has 15 heteroatoms. The van der Waals surface area contributed by atoms with Crippen LogP contribution in [0.5, 0.6) is 11.5 Å². The monoisotopic (exact) mass is 634 g/mol. The molecular weight excluding hydrogens is 610 g/mol. The molecule has 0 bridgehead atoms. The van der Waals surface area contributed by atoms with Crippen molar-refractivity contribution < 1.29 is 50.5 Å². The summed E-state index contributed by atoms with van der Waals surface area (Å²) in [7, 11) is 0. The summed E-state index contributed by atoms with van der Waals surface area (Å²) in [6, 6.07) is 10.6. The molecule has 0 fully saturated rings. The Kier molecular flexibility index (Phi) is 8.08. The van der Waals surface area contributed by atoms with E-state index in [1.165, 1.54) is 43.5 Å². The standard InChI is InChI=1S/C30H24F6N4O5/c1-28(27(37)42)14-45-25-19(28)11-21(40-24(25)15-4-6-18(31)7-5-15)29(43,30(34,35)36)13-39-26(41)17-9-16-3-2-8-38-23(16)20(10-17)44-12-22(32)33/h2-11,22,43H,12-14H2,1H3,(H2,37,42)(H,39,41)/t28-,29-/m0/s1. The van der Waals surface area contributed by atoms with Crippen LogP contribution in [0, 0.1) is 5.82 Å². The quantitative estimate of drug-likeness (QED) is 0.232. The minimum absolute atomic E-state index is 0.0821. The van der Waals surface area contributed by atoms with Gasteiger partial charge in [-0.05, 0) is 55.5 Å². The van der Waals surface area contributed by atoms with Crippen LogP contribution in [-0.2, 0) is 15.8 Å². The Hall–Kier alpha value is -4.92. The number of primary amides is 1. The van der Waals surface area contributed by atoms with Crippen molar-refractivity contribution in [2.45, 2.75) is 30.5 Å². The fourth-order valence-corrected chi connectivity index (χ4v) is 4.80. The first-order valence-electron chi connectivity index (χ1n) is 13.3. The van der Waals surface area contributed by atoms with Crippen LogP contribution >= 0.6 is 0 Å². The zero-order chi connectivity index (χ0) is 32.7. The summed E-state index contributed by atoms with van der Waals surface area (Å²) in [4.78, 5) is 33.6. The molecule has 4 aromatic rings. The number of carbonyl (C=O) groups excluding carboxylic acids is 2. The predicted molar refractivity (Wildman–Crippen MR) is 147 cm³/mol. The first-order valence-corrected chi connectivity index (χ1v) is 13.3. The average molecular weight is 635 g/mol. The highest BCUT2D eigenvalue weighted by molar-refractivity contribution is 6.00. The molecule has 5 rings (SSSR count). The number of hydrogen-bond donors (Lipinski definition) is 3. The van der Waals surface area contributed by atoms with Crippen LogP contribution in [0.3, 0.4) is 0 Å². The lowest BCUT2D eigenvalue weighted by molar-refractivity contribution is -0.265. The maximum absolute atomic E-state index is 14.7. The van der Waals surface area contributed by atoms with E-state index in [1.807, 2.05) is 5.32 Å². The zero-order valence-corrected chi connectivity index (χ0v) is 23.3. The number of fused-ring (bicyclic) bond motifs is 2. The number of benzene rings is 2. The molecular formula is C30H24F6N4O5. The lowest BCUT2D eigenvalue weighted by atomic mass is 9.81. The number of halogens is 6. The number of nitrogens with one attached hydrogen (secondary N) is 1. The van der Waals surface area contributed by atoms with Gasteiger partial charge in [0.2, 0.25) is 11.5 Å². The molecule has 1 aliphatic rings. The van der Waals surface area contributed by atoms with Crippen LogP contribution < -0.4 is 20.5 Å². The van der Waals surface area contributed by atoms with Crippen molar-refractivity contribution in [1.82, 2.24) is 15.3 Å². The number of nitrogens with zero attached hydrogens (tertiary/aromatic N) is 2. The Morgan fingerprint density at radius 1 is 1.16 bits per heavy atom. The summed E-state index contributed by atoms with van der Waals surface area (Å²) in [6.07, 6.45) is -6.94. The number of pyridine rings is 2. The average Bonchev–Trinajstić information content (AvgIpc) is 3.35. The highest BCUT2D eigenvalue weighted by Crippen LogP contribution is 2.47. The normalized spacial score (nSPS) is 17.4. The Labute approximate surface area is 251 Å². The summed E-state index contributed by atoms with van der Waals surface area (Å²) in [5.41, 5.74) is -1.25. The number of carbonyl (C=O) groups is 2. The number of aromatic nitrogens is 2. The van der Waals surface area contributed by atoms with Gasteiger partial charge in [-0.15, -0.1) is 0 Å². The second kappa shape index (κ2) is 11.5. The molecule has 0 saturated carbocycles. The van der Waals surface area contributed by atoms with Crippen molar-refractivity contribution in [1.29, 1.82) is 0 Å². The highest BCUT2D eigenvalue weighted by Gasteiger charge is 2.57. The van der Waals surface area contributed by atoms with Gasteiger partial charge in [-0.1, -0.05) is 6.07 Å². The van der Waals surface area contributed by atoms with Crippen molar-refractivity contribution in [3.63, 3.8) is 0 Å². The van der Waals surface area contributed by atoms with Crippen molar-refractivity contribution in [2.75, 3.05) is 19.8 Å². The molecule has 3 heterocycles. The number of hydrogen-bond acceptors (Lipinski definition) is 7. The fraction of sp³-hybridized carbons (Fsp3) is 0.267. The predicted octanol–water partition coefficient (Wildman–Crippen LogP) is 4.40. The van der Waals surface area contributed by atoms with Gasteiger partial charge in [-0.3, -0.25) is 14.6 Å². The van der Waals surface area contributed by atoms with Gasteiger partial charge in [0.1, 0.15) is 47.2 Å². The van der Waals surface area contributed by atoms with E-state index in [0.717, 1.165) is 24.3 Å². The Balaban J connectivity index is 1.56. The molecule has 0 unspecified atom stereocenters. The van der Waals surface area contributed by atoms with Gasteiger partial charge in [0.15, 0.2) is 0 Å². The van der Waals surface area contributed by atoms with Gasteiger partial charge in [-0.25, -0.2) is 18.2 Å². The molecule has 236 valence electrons. The second-order valence-corrected chi connectivity index (χ2v) is 10.5. The number of nitrogens with two attached hydrogens (primary N) is 1. The van der Waals surface area contributed by atoms with Crippen LogP contribution in [0.1, 0.15) is 28.5 Å². The van der Waals surface area contributed by atoms with E-state index in [0.29, 0.717) is 0 Å². The van der Waals surface area contributed by atoms with E-state index in [-0.39, 0.29) is 51.4 Å². The molecule has 1 aliphatic heterocycles. The lowest BCUT2D eigenvalue weighted by Crippen LogP contribution is -2.51. The maximum Gasteiger partial charge on any atom is 0.424 e. The SMILES string of the molecule is C[C@]1(C(N)=O)COc2c1cc([C@@](O)(CNC(=O)c1cc(OCC(F)F)c3ncccc3c1)C(F)(F)F)nc2-c1ccc(F)cc1. The smallest absolute Gasteiger partial charge is 0.424 e. The number of alkyl halides is 5. The molecule has 0 spiro atoms. The molecule has 9 nitrogen and oxygen atoms in total. The van der Waals surface area contributed by atoms with Crippen molar-refractivity contribution in [3.8, 4) is 22.8 Å². The first kappa shape index (κ1) is 31.5. The van der Waals surface area contributed by atoms with Gasteiger partial charge in [-0.2, -0.15) is 13.2 Å². The highest BCUT2D eigenvalue weighted by atomic mass is 19.4. The molecule has 2 aromatic heterocycles.